The highest BCUT2D eigenvalue weighted by Crippen LogP contribution is 2.57. The molecule has 0 saturated heterocycles. The molecule has 180 valence electrons. The van der Waals surface area contributed by atoms with Gasteiger partial charge in [-0.3, -0.25) is 0 Å². The van der Waals surface area contributed by atoms with E-state index in [9.17, 15) is 0 Å². The van der Waals surface area contributed by atoms with Gasteiger partial charge in [0.05, 0.1) is 5.41 Å². The number of benzene rings is 6. The lowest BCUT2D eigenvalue weighted by atomic mass is 9.67. The van der Waals surface area contributed by atoms with Crippen LogP contribution < -0.4 is 5.32 Å². The smallest absolute Gasteiger partial charge is 0.0714 e. The standard InChI is InChI=1S/C37H27N/c1-5-13-27(14-6-1)28-21-23-33-34-24-22-32(38-31-19-11-4-12-20-31)26-36(34)37(35(33)25-28,29-15-7-2-8-16-29)30-17-9-3-10-18-30/h1-26,38H. The van der Waals surface area contributed by atoms with Crippen molar-refractivity contribution in [2.45, 2.75) is 5.41 Å². The van der Waals surface area contributed by atoms with Crippen LogP contribution in [0.1, 0.15) is 22.3 Å². The van der Waals surface area contributed by atoms with E-state index in [1.165, 1.54) is 44.5 Å². The highest BCUT2D eigenvalue weighted by Gasteiger charge is 2.46. The number of nitrogens with one attached hydrogen (secondary N) is 1. The van der Waals surface area contributed by atoms with E-state index < -0.39 is 5.41 Å². The molecule has 0 aromatic heterocycles. The van der Waals surface area contributed by atoms with E-state index in [0.717, 1.165) is 11.4 Å². The van der Waals surface area contributed by atoms with Gasteiger partial charge in [0, 0.05) is 11.4 Å². The zero-order valence-corrected chi connectivity index (χ0v) is 21.0. The maximum atomic E-state index is 3.64. The SMILES string of the molecule is c1ccc(Nc2ccc3c(c2)C(c2ccccc2)(c2ccccc2)c2cc(-c4ccccc4)ccc2-3)cc1. The lowest BCUT2D eigenvalue weighted by Crippen LogP contribution is -2.28. The Bertz CT molecular complexity index is 1670. The number of fused-ring (bicyclic) bond motifs is 3. The summed E-state index contributed by atoms with van der Waals surface area (Å²) in [4.78, 5) is 0. The summed E-state index contributed by atoms with van der Waals surface area (Å²) in [6.07, 6.45) is 0. The monoisotopic (exact) mass is 485 g/mol. The fourth-order valence-electron chi connectivity index (χ4n) is 6.06. The molecular formula is C37H27N. The molecule has 0 heterocycles. The second-order valence-corrected chi connectivity index (χ2v) is 9.86. The largest absolute Gasteiger partial charge is 0.356 e. The van der Waals surface area contributed by atoms with Crippen molar-refractivity contribution in [2.24, 2.45) is 0 Å². The molecule has 0 fully saturated rings. The number of para-hydroxylation sites is 1. The lowest BCUT2D eigenvalue weighted by molar-refractivity contribution is 0.769. The van der Waals surface area contributed by atoms with Crippen LogP contribution in [0.4, 0.5) is 11.4 Å². The summed E-state index contributed by atoms with van der Waals surface area (Å²) in [5.41, 5.74) is 11.9. The van der Waals surface area contributed by atoms with Gasteiger partial charge in [-0.15, -0.1) is 0 Å². The summed E-state index contributed by atoms with van der Waals surface area (Å²) in [6, 6.07) is 56.8. The van der Waals surface area contributed by atoms with Crippen molar-refractivity contribution in [3.8, 4) is 22.3 Å². The molecule has 0 bridgehead atoms. The minimum atomic E-state index is -0.438. The third-order valence-corrected chi connectivity index (χ3v) is 7.72. The predicted octanol–water partition coefficient (Wildman–Crippen LogP) is 9.46. The first-order chi connectivity index (χ1) is 18.8. The summed E-state index contributed by atoms with van der Waals surface area (Å²) in [6.45, 7) is 0. The Kier molecular flexibility index (Phi) is 5.41. The predicted molar refractivity (Wildman–Crippen MR) is 159 cm³/mol. The molecule has 0 aliphatic heterocycles. The van der Waals surface area contributed by atoms with E-state index in [0.29, 0.717) is 0 Å². The molecule has 0 saturated carbocycles. The first-order valence-electron chi connectivity index (χ1n) is 13.1. The molecule has 0 spiro atoms. The van der Waals surface area contributed by atoms with Gasteiger partial charge in [0.1, 0.15) is 0 Å². The van der Waals surface area contributed by atoms with Gasteiger partial charge in [-0.05, 0) is 74.8 Å². The molecule has 6 aromatic carbocycles. The minimum absolute atomic E-state index is 0.438. The summed E-state index contributed by atoms with van der Waals surface area (Å²) in [5, 5.41) is 3.64. The Morgan fingerprint density at radius 3 is 1.47 bits per heavy atom. The van der Waals surface area contributed by atoms with E-state index in [4.69, 9.17) is 0 Å². The maximum Gasteiger partial charge on any atom is 0.0714 e. The van der Waals surface area contributed by atoms with Gasteiger partial charge in [0.25, 0.3) is 0 Å². The number of rotatable bonds is 5. The van der Waals surface area contributed by atoms with Crippen molar-refractivity contribution in [2.75, 3.05) is 5.32 Å². The Morgan fingerprint density at radius 2 is 0.868 bits per heavy atom. The molecule has 7 rings (SSSR count). The van der Waals surface area contributed by atoms with Crippen LogP contribution in [0.2, 0.25) is 0 Å². The van der Waals surface area contributed by atoms with Gasteiger partial charge < -0.3 is 5.32 Å². The second kappa shape index (κ2) is 9.21. The molecule has 1 aliphatic rings. The quantitative estimate of drug-likeness (QED) is 0.256. The Morgan fingerprint density at radius 1 is 0.368 bits per heavy atom. The number of hydrogen-bond acceptors (Lipinski definition) is 1. The lowest BCUT2D eigenvalue weighted by Gasteiger charge is -2.34. The molecular weight excluding hydrogens is 458 g/mol. The molecule has 38 heavy (non-hydrogen) atoms. The van der Waals surface area contributed by atoms with Crippen LogP contribution in [0.25, 0.3) is 22.3 Å². The van der Waals surface area contributed by atoms with Gasteiger partial charge in [0.15, 0.2) is 0 Å². The molecule has 0 atom stereocenters. The molecule has 1 nitrogen and oxygen atoms in total. The Hall–Kier alpha value is -4.88. The van der Waals surface area contributed by atoms with Gasteiger partial charge >= 0.3 is 0 Å². The topological polar surface area (TPSA) is 12.0 Å². The van der Waals surface area contributed by atoms with E-state index in [1.54, 1.807) is 0 Å². The normalized spacial score (nSPS) is 12.9. The summed E-state index contributed by atoms with van der Waals surface area (Å²) in [7, 11) is 0. The average molecular weight is 486 g/mol. The van der Waals surface area contributed by atoms with Crippen LogP contribution in [0.5, 0.6) is 0 Å². The second-order valence-electron chi connectivity index (χ2n) is 9.86. The minimum Gasteiger partial charge on any atom is -0.356 e. The molecule has 0 amide bonds. The van der Waals surface area contributed by atoms with Crippen molar-refractivity contribution in [3.05, 3.63) is 180 Å². The fraction of sp³-hybridized carbons (Fsp3) is 0.0270. The van der Waals surface area contributed by atoms with E-state index >= 15 is 0 Å². The first-order valence-corrected chi connectivity index (χ1v) is 13.1. The molecule has 1 heteroatoms. The van der Waals surface area contributed by atoms with Crippen LogP contribution in [0, 0.1) is 0 Å². The van der Waals surface area contributed by atoms with Crippen LogP contribution in [-0.4, -0.2) is 0 Å². The van der Waals surface area contributed by atoms with Gasteiger partial charge in [-0.1, -0.05) is 127 Å². The van der Waals surface area contributed by atoms with Crippen molar-refractivity contribution in [1.29, 1.82) is 0 Å². The number of hydrogen-bond donors (Lipinski definition) is 1. The van der Waals surface area contributed by atoms with Crippen molar-refractivity contribution >= 4 is 11.4 Å². The van der Waals surface area contributed by atoms with Crippen LogP contribution in [-0.2, 0) is 5.41 Å². The highest BCUT2D eigenvalue weighted by molar-refractivity contribution is 5.89. The van der Waals surface area contributed by atoms with Crippen molar-refractivity contribution < 1.29 is 0 Å². The molecule has 6 aromatic rings. The molecule has 1 N–H and O–H groups in total. The Labute approximate surface area is 224 Å². The molecule has 0 radical (unpaired) electrons. The van der Waals surface area contributed by atoms with Gasteiger partial charge in [0.2, 0.25) is 0 Å². The van der Waals surface area contributed by atoms with Crippen molar-refractivity contribution in [1.82, 2.24) is 0 Å². The van der Waals surface area contributed by atoms with Gasteiger partial charge in [-0.25, -0.2) is 0 Å². The van der Waals surface area contributed by atoms with E-state index in [2.05, 4.69) is 157 Å². The molecule has 1 aliphatic carbocycles. The third-order valence-electron chi connectivity index (χ3n) is 7.72. The fourth-order valence-corrected chi connectivity index (χ4v) is 6.06. The summed E-state index contributed by atoms with van der Waals surface area (Å²) < 4.78 is 0. The van der Waals surface area contributed by atoms with E-state index in [-0.39, 0.29) is 0 Å². The van der Waals surface area contributed by atoms with Crippen LogP contribution in [0.3, 0.4) is 0 Å². The average Bonchev–Trinajstić information content (AvgIpc) is 3.29. The zero-order chi connectivity index (χ0) is 25.4. The molecule has 0 unspecified atom stereocenters. The van der Waals surface area contributed by atoms with Crippen LogP contribution in [0.15, 0.2) is 158 Å². The number of anilines is 2. The highest BCUT2D eigenvalue weighted by atomic mass is 14.9. The summed E-state index contributed by atoms with van der Waals surface area (Å²) in [5.74, 6) is 0. The zero-order valence-electron chi connectivity index (χ0n) is 21.0. The Balaban J connectivity index is 1.53. The first kappa shape index (κ1) is 22.3. The van der Waals surface area contributed by atoms with Gasteiger partial charge in [-0.2, -0.15) is 0 Å². The summed E-state index contributed by atoms with van der Waals surface area (Å²) >= 11 is 0. The third kappa shape index (κ3) is 3.55. The van der Waals surface area contributed by atoms with Crippen LogP contribution >= 0.6 is 0 Å². The van der Waals surface area contributed by atoms with E-state index in [1.807, 2.05) is 6.07 Å². The maximum absolute atomic E-state index is 3.64. The van der Waals surface area contributed by atoms with Crippen molar-refractivity contribution in [3.63, 3.8) is 0 Å².